The van der Waals surface area contributed by atoms with Gasteiger partial charge in [0.25, 0.3) is 6.01 Å². The van der Waals surface area contributed by atoms with Gasteiger partial charge in [0, 0.05) is 6.54 Å². The van der Waals surface area contributed by atoms with Crippen molar-refractivity contribution in [3.05, 3.63) is 12.0 Å². The molecule has 0 spiro atoms. The zero-order valence-electron chi connectivity index (χ0n) is 12.2. The Morgan fingerprint density at radius 3 is 2.58 bits per heavy atom. The summed E-state index contributed by atoms with van der Waals surface area (Å²) in [6.07, 6.45) is 1.32. The normalized spacial score (nSPS) is 20.1. The third kappa shape index (κ3) is 2.33. The van der Waals surface area contributed by atoms with Crippen LogP contribution in [0.2, 0.25) is 0 Å². The molecule has 1 aromatic heterocycles. The first-order valence-corrected chi connectivity index (χ1v) is 6.67. The highest BCUT2D eigenvalue weighted by atomic mass is 16.5. The highest BCUT2D eigenvalue weighted by Crippen LogP contribution is 2.68. The van der Waals surface area contributed by atoms with Crippen molar-refractivity contribution in [3.63, 3.8) is 0 Å². The average molecular weight is 266 g/mol. The number of hydrogen-bond donors (Lipinski definition) is 1. The van der Waals surface area contributed by atoms with Crippen LogP contribution in [0.3, 0.4) is 0 Å². The maximum absolute atomic E-state index is 11.4. The van der Waals surface area contributed by atoms with Crippen LogP contribution in [0.1, 0.15) is 45.1 Å². The molecule has 0 aromatic carbocycles. The molecule has 0 aliphatic heterocycles. The summed E-state index contributed by atoms with van der Waals surface area (Å²) in [6, 6.07) is 0.376. The molecule has 1 fully saturated rings. The van der Waals surface area contributed by atoms with Crippen LogP contribution >= 0.6 is 0 Å². The first-order valence-electron chi connectivity index (χ1n) is 6.67. The number of hydrogen-bond acceptors (Lipinski definition) is 5. The second-order valence-electron chi connectivity index (χ2n) is 6.14. The average Bonchev–Trinajstić information content (AvgIpc) is 2.72. The van der Waals surface area contributed by atoms with E-state index in [2.05, 4.69) is 38.0 Å². The molecule has 1 heterocycles. The highest BCUT2D eigenvalue weighted by Gasteiger charge is 2.64. The van der Waals surface area contributed by atoms with Gasteiger partial charge >= 0.3 is 5.97 Å². The monoisotopic (exact) mass is 266 g/mol. The lowest BCUT2D eigenvalue weighted by molar-refractivity contribution is 0.0519. The number of carbonyl (C=O) groups excluding carboxylic acids is 1. The van der Waals surface area contributed by atoms with Gasteiger partial charge in [-0.25, -0.2) is 4.79 Å². The van der Waals surface area contributed by atoms with E-state index in [-0.39, 0.29) is 5.69 Å². The molecule has 1 aliphatic carbocycles. The van der Waals surface area contributed by atoms with Crippen molar-refractivity contribution in [2.24, 2.45) is 16.7 Å². The van der Waals surface area contributed by atoms with Crippen LogP contribution in [0.15, 0.2) is 10.7 Å². The van der Waals surface area contributed by atoms with E-state index in [1.165, 1.54) is 6.26 Å². The van der Waals surface area contributed by atoms with Crippen LogP contribution in [0.4, 0.5) is 6.01 Å². The van der Waals surface area contributed by atoms with E-state index in [1.54, 1.807) is 6.92 Å². The molecule has 1 saturated carbocycles. The number of aromatic nitrogens is 1. The minimum atomic E-state index is -0.452. The molecule has 1 aromatic rings. The van der Waals surface area contributed by atoms with Gasteiger partial charge in [0.1, 0.15) is 6.26 Å². The van der Waals surface area contributed by atoms with Gasteiger partial charge < -0.3 is 14.5 Å². The molecule has 0 amide bonds. The zero-order chi connectivity index (χ0) is 14.3. The Balaban J connectivity index is 1.90. The van der Waals surface area contributed by atoms with Crippen molar-refractivity contribution in [3.8, 4) is 0 Å². The molecule has 5 heteroatoms. The Bertz CT molecular complexity index is 463. The topological polar surface area (TPSA) is 64.4 Å². The first-order chi connectivity index (χ1) is 8.80. The third-order valence-corrected chi connectivity index (χ3v) is 4.77. The molecule has 0 radical (unpaired) electrons. The molecular formula is C14H22N2O3. The van der Waals surface area contributed by atoms with Gasteiger partial charge in [0.15, 0.2) is 5.69 Å². The van der Waals surface area contributed by atoms with E-state index >= 15 is 0 Å². The van der Waals surface area contributed by atoms with E-state index in [4.69, 9.17) is 9.15 Å². The summed E-state index contributed by atoms with van der Waals surface area (Å²) in [4.78, 5) is 15.5. The van der Waals surface area contributed by atoms with Gasteiger partial charge in [0.2, 0.25) is 0 Å². The fourth-order valence-electron chi connectivity index (χ4n) is 2.69. The molecular weight excluding hydrogens is 244 g/mol. The summed E-state index contributed by atoms with van der Waals surface area (Å²) >= 11 is 0. The molecule has 1 N–H and O–H groups in total. The van der Waals surface area contributed by atoms with E-state index in [0.717, 1.165) is 6.54 Å². The largest absolute Gasteiger partial charge is 0.461 e. The predicted molar refractivity (Wildman–Crippen MR) is 72.0 cm³/mol. The molecule has 2 rings (SSSR count). The summed E-state index contributed by atoms with van der Waals surface area (Å²) in [7, 11) is 0. The van der Waals surface area contributed by atoms with Crippen LogP contribution in [0, 0.1) is 16.7 Å². The number of anilines is 1. The molecule has 0 saturated heterocycles. The molecule has 0 atom stereocenters. The van der Waals surface area contributed by atoms with E-state index in [0.29, 0.717) is 29.4 Å². The van der Waals surface area contributed by atoms with Gasteiger partial charge in [-0.05, 0) is 23.7 Å². The van der Waals surface area contributed by atoms with Gasteiger partial charge in [-0.3, -0.25) is 0 Å². The van der Waals surface area contributed by atoms with Gasteiger partial charge in [-0.15, -0.1) is 0 Å². The third-order valence-electron chi connectivity index (χ3n) is 4.77. The lowest BCUT2D eigenvalue weighted by Gasteiger charge is -2.04. The Morgan fingerprint density at radius 2 is 2.05 bits per heavy atom. The fraction of sp³-hybridized carbons (Fsp3) is 0.714. The molecule has 5 nitrogen and oxygen atoms in total. The number of oxazole rings is 1. The minimum absolute atomic E-state index is 0.207. The van der Waals surface area contributed by atoms with Crippen molar-refractivity contribution >= 4 is 12.0 Å². The lowest BCUT2D eigenvalue weighted by atomic mass is 10.0. The molecule has 0 unspecified atom stereocenters. The smallest absolute Gasteiger partial charge is 0.360 e. The Hall–Kier alpha value is -1.52. The maximum Gasteiger partial charge on any atom is 0.360 e. The zero-order valence-corrected chi connectivity index (χ0v) is 12.2. The molecule has 19 heavy (non-hydrogen) atoms. The van der Waals surface area contributed by atoms with Crippen LogP contribution in [0.5, 0.6) is 0 Å². The van der Waals surface area contributed by atoms with Crippen molar-refractivity contribution in [1.82, 2.24) is 4.98 Å². The summed E-state index contributed by atoms with van der Waals surface area (Å²) in [5.74, 6) is 0.115. The van der Waals surface area contributed by atoms with Crippen molar-refractivity contribution in [2.45, 2.75) is 34.6 Å². The second kappa shape index (κ2) is 4.54. The number of rotatable bonds is 5. The van der Waals surface area contributed by atoms with Gasteiger partial charge in [-0.2, -0.15) is 4.98 Å². The Morgan fingerprint density at radius 1 is 1.42 bits per heavy atom. The summed E-state index contributed by atoms with van der Waals surface area (Å²) in [5.41, 5.74) is 0.839. The molecule has 0 bridgehead atoms. The number of nitrogens with one attached hydrogen (secondary N) is 1. The van der Waals surface area contributed by atoms with Crippen molar-refractivity contribution in [1.29, 1.82) is 0 Å². The van der Waals surface area contributed by atoms with Crippen LogP contribution in [0.25, 0.3) is 0 Å². The minimum Gasteiger partial charge on any atom is -0.461 e. The number of carbonyl (C=O) groups is 1. The van der Waals surface area contributed by atoms with Gasteiger partial charge in [0.05, 0.1) is 6.61 Å². The van der Waals surface area contributed by atoms with E-state index in [9.17, 15) is 4.79 Å². The quantitative estimate of drug-likeness (QED) is 0.830. The van der Waals surface area contributed by atoms with Crippen LogP contribution in [-0.4, -0.2) is 24.1 Å². The Labute approximate surface area is 113 Å². The second-order valence-corrected chi connectivity index (χ2v) is 6.14. The number of esters is 1. The summed E-state index contributed by atoms with van der Waals surface area (Å²) < 4.78 is 10.1. The molecule has 1 aliphatic rings. The first kappa shape index (κ1) is 13.9. The number of nitrogens with zero attached hydrogens (tertiary/aromatic N) is 1. The van der Waals surface area contributed by atoms with E-state index < -0.39 is 5.97 Å². The Kier molecular flexibility index (Phi) is 3.32. The summed E-state index contributed by atoms with van der Waals surface area (Å²) in [6.45, 7) is 11.9. The maximum atomic E-state index is 11.4. The summed E-state index contributed by atoms with van der Waals surface area (Å²) in [5, 5.41) is 3.15. The van der Waals surface area contributed by atoms with Crippen molar-refractivity contribution in [2.75, 3.05) is 18.5 Å². The van der Waals surface area contributed by atoms with Crippen molar-refractivity contribution < 1.29 is 13.9 Å². The van der Waals surface area contributed by atoms with Crippen LogP contribution < -0.4 is 5.32 Å². The fourth-order valence-corrected chi connectivity index (χ4v) is 2.69. The van der Waals surface area contributed by atoms with Crippen LogP contribution in [-0.2, 0) is 4.74 Å². The van der Waals surface area contributed by atoms with E-state index in [1.807, 2.05) is 0 Å². The lowest BCUT2D eigenvalue weighted by Crippen LogP contribution is -2.09. The number of ether oxygens (including phenoxy) is 1. The standard InChI is InChI=1S/C14H22N2O3/c1-6-18-11(17)9-8-19-12(16-9)15-7-10-13(2,3)14(10,4)5/h8,10H,6-7H2,1-5H3,(H,15,16). The SMILES string of the molecule is CCOC(=O)c1coc(NCC2C(C)(C)C2(C)C)n1. The molecule has 106 valence electrons. The highest BCUT2D eigenvalue weighted by molar-refractivity contribution is 5.87. The predicted octanol–water partition coefficient (Wildman–Crippen LogP) is 2.95. The van der Waals surface area contributed by atoms with Gasteiger partial charge in [-0.1, -0.05) is 27.7 Å².